The number of aliphatic imine (C=N–C) groups is 2. The van der Waals surface area contributed by atoms with Crippen LogP contribution in [-0.4, -0.2) is 70.7 Å². The third-order valence-electron chi connectivity index (χ3n) is 11.0. The van der Waals surface area contributed by atoms with Crippen molar-refractivity contribution in [3.63, 3.8) is 0 Å². The molecule has 0 saturated carbocycles. The normalized spacial score (nSPS) is 19.1. The van der Waals surface area contributed by atoms with E-state index in [1.54, 1.807) is 72.8 Å². The zero-order valence-corrected chi connectivity index (χ0v) is 33.4. The lowest BCUT2D eigenvalue weighted by Crippen LogP contribution is -2.41. The average Bonchev–Trinajstić information content (AvgIpc) is 4.11. The number of aromatic amines is 2. The molecule has 0 saturated heterocycles. The molecular weight excluding hydrogens is 831 g/mol. The van der Waals surface area contributed by atoms with Gasteiger partial charge in [0.1, 0.15) is 0 Å². The molecule has 3 aliphatic heterocycles. The molecule has 5 heterocycles. The number of carbonyl (C=O) groups is 4. The quantitative estimate of drug-likeness (QED) is 0.0668. The van der Waals surface area contributed by atoms with Crippen molar-refractivity contribution >= 4 is 75.2 Å². The lowest BCUT2D eigenvalue weighted by molar-refractivity contribution is 0.0686. The van der Waals surface area contributed by atoms with Crippen molar-refractivity contribution < 1.29 is 39.6 Å². The fraction of sp³-hybridized carbons (Fsp3) is 0.0417. The highest BCUT2D eigenvalue weighted by Gasteiger charge is 2.54. The molecule has 0 unspecified atom stereocenters. The van der Waals surface area contributed by atoms with Gasteiger partial charge in [0.2, 0.25) is 0 Å². The number of aromatic nitrogens is 2. The summed E-state index contributed by atoms with van der Waals surface area (Å²) in [4.78, 5) is 61.3. The number of nitrogens with one attached hydrogen (secondary N) is 2. The number of benzene rings is 4. The maximum atomic E-state index is 11.9. The summed E-state index contributed by atoms with van der Waals surface area (Å²) in [6.07, 6.45) is 6.96. The molecule has 12 nitrogen and oxygen atoms in total. The van der Waals surface area contributed by atoms with Crippen molar-refractivity contribution in [3.05, 3.63) is 218 Å². The van der Waals surface area contributed by atoms with Gasteiger partial charge in [-0.05, 0) is 119 Å². The molecule has 14 heteroatoms. The number of nitrogens with zero attached hydrogens (tertiary/aromatic N) is 2. The van der Waals surface area contributed by atoms with E-state index in [2.05, 4.69) is 9.97 Å². The Morgan fingerprint density at radius 1 is 0.484 bits per heavy atom. The summed E-state index contributed by atoms with van der Waals surface area (Å²) in [6, 6.07) is 32.3. The number of H-pyrrole nitrogens is 2. The molecule has 3 aliphatic rings. The van der Waals surface area contributed by atoms with E-state index in [0.29, 0.717) is 78.2 Å². The molecule has 9 rings (SSSR count). The van der Waals surface area contributed by atoms with E-state index in [4.69, 9.17) is 33.2 Å². The van der Waals surface area contributed by atoms with Gasteiger partial charge in [-0.25, -0.2) is 24.2 Å². The van der Waals surface area contributed by atoms with Crippen molar-refractivity contribution in [1.29, 1.82) is 0 Å². The van der Waals surface area contributed by atoms with Crippen LogP contribution >= 0.6 is 23.2 Å². The largest absolute Gasteiger partial charge is 0.478 e. The van der Waals surface area contributed by atoms with Crippen molar-refractivity contribution in [2.75, 3.05) is 0 Å². The molecule has 4 aromatic carbocycles. The molecule has 6 N–H and O–H groups in total. The smallest absolute Gasteiger partial charge is 0.335 e. The molecule has 0 aliphatic carbocycles. The molecule has 0 fully saturated rings. The maximum Gasteiger partial charge on any atom is 0.335 e. The van der Waals surface area contributed by atoms with Crippen LogP contribution < -0.4 is 10.7 Å². The number of hydrogen-bond acceptors (Lipinski definition) is 6. The van der Waals surface area contributed by atoms with E-state index in [1.165, 1.54) is 48.5 Å². The van der Waals surface area contributed by atoms with Crippen molar-refractivity contribution in [3.8, 4) is 0 Å². The molecular formula is C48H30Cl2N4O8. The van der Waals surface area contributed by atoms with E-state index in [0.717, 1.165) is 0 Å². The van der Waals surface area contributed by atoms with Gasteiger partial charge in [0.15, 0.2) is 9.87 Å². The molecule has 0 spiro atoms. The van der Waals surface area contributed by atoms with Crippen LogP contribution in [0.3, 0.4) is 0 Å². The van der Waals surface area contributed by atoms with E-state index >= 15 is 0 Å². The second-order valence-corrected chi connectivity index (χ2v) is 15.7. The zero-order valence-electron chi connectivity index (χ0n) is 31.9. The zero-order chi connectivity index (χ0) is 43.5. The lowest BCUT2D eigenvalue weighted by atomic mass is 9.87. The van der Waals surface area contributed by atoms with Gasteiger partial charge in [0.05, 0.1) is 39.4 Å². The van der Waals surface area contributed by atoms with E-state index in [-0.39, 0.29) is 22.3 Å². The minimum atomic E-state index is -1.78. The Morgan fingerprint density at radius 2 is 0.952 bits per heavy atom. The maximum absolute atomic E-state index is 11.9. The summed E-state index contributed by atoms with van der Waals surface area (Å²) < 4.78 is 0. The molecule has 2 aromatic heterocycles. The van der Waals surface area contributed by atoms with Gasteiger partial charge in [-0.2, -0.15) is 0 Å². The van der Waals surface area contributed by atoms with Gasteiger partial charge in [-0.3, -0.25) is 4.99 Å². The first kappa shape index (κ1) is 39.6. The fourth-order valence-corrected chi connectivity index (χ4v) is 8.60. The Labute approximate surface area is 361 Å². The predicted octanol–water partition coefficient (Wildman–Crippen LogP) is 7.45. The van der Waals surface area contributed by atoms with Gasteiger partial charge in [-0.15, -0.1) is 11.6 Å². The number of alkyl halides is 2. The summed E-state index contributed by atoms with van der Waals surface area (Å²) in [5, 5.41) is 40.1. The first-order valence-electron chi connectivity index (χ1n) is 18.9. The van der Waals surface area contributed by atoms with Crippen molar-refractivity contribution in [2.24, 2.45) is 9.98 Å². The third kappa shape index (κ3) is 6.67. The van der Waals surface area contributed by atoms with Crippen LogP contribution in [0.1, 0.15) is 75.1 Å². The highest BCUT2D eigenvalue weighted by atomic mass is 35.5. The van der Waals surface area contributed by atoms with Crippen LogP contribution in [0.15, 0.2) is 161 Å². The number of allylic oxidation sites excluding steroid dienone is 4. The number of hydrogen-bond donors (Lipinski definition) is 6. The number of carboxylic acid groups (broad SMARTS) is 4. The van der Waals surface area contributed by atoms with Gasteiger partial charge in [-0.1, -0.05) is 60.1 Å². The summed E-state index contributed by atoms with van der Waals surface area (Å²) in [7, 11) is 0. The molecule has 2 atom stereocenters. The summed E-state index contributed by atoms with van der Waals surface area (Å²) in [5.41, 5.74) is 6.54. The molecule has 8 bridgehead atoms. The van der Waals surface area contributed by atoms with Crippen molar-refractivity contribution in [1.82, 2.24) is 9.97 Å². The Hall–Kier alpha value is -7.80. The topological polar surface area (TPSA) is 205 Å². The standard InChI is InChI=1S/C48H30Cl2N4O8/c49-47-24-23-38(54-47)42(27-5-11-30(12-6-27)45(59)60)36-20-19-34(52-36)40(25-1-7-28(8-2-25)43(55)56)33-17-18-35(51-33)41(26-3-9-29(10-4-26)44(57)58)37-21-22-39(53-37)48(47,50)32-15-13-31(14-16-32)46(61)62/h1-24,51,53H,(H,55,56)(H,57,58)(H,59,60)(H,61,62)/t47-,48-/m1/s1. The van der Waals surface area contributed by atoms with Crippen LogP contribution in [0.4, 0.5) is 0 Å². The SMILES string of the molecule is O=C(O)c1ccc(C2=C3C=CC(=N3)C(c3ccc(C(=O)O)cc3)=c3ccc([nH]3)=C(c3ccc(C(=O)O)cc3)c3ccc([nH]3)[C@](Cl)(c3ccc(C(=O)O)cc3)[C@@]3(Cl)C=CC2=N3)cc1. The van der Waals surface area contributed by atoms with Gasteiger partial charge >= 0.3 is 23.9 Å². The number of rotatable bonds is 8. The summed E-state index contributed by atoms with van der Waals surface area (Å²) in [6.45, 7) is 0. The average molecular weight is 862 g/mol. The Morgan fingerprint density at radius 3 is 1.47 bits per heavy atom. The van der Waals surface area contributed by atoms with Gasteiger partial charge < -0.3 is 30.4 Å². The second kappa shape index (κ2) is 15.0. The molecule has 304 valence electrons. The Balaban J connectivity index is 1.39. The first-order chi connectivity index (χ1) is 29.7. The summed E-state index contributed by atoms with van der Waals surface area (Å²) >= 11 is 15.5. The van der Waals surface area contributed by atoms with Crippen LogP contribution in [0.2, 0.25) is 0 Å². The van der Waals surface area contributed by atoms with Crippen LogP contribution in [0.5, 0.6) is 0 Å². The monoisotopic (exact) mass is 860 g/mol. The Kier molecular flexibility index (Phi) is 9.61. The number of fused-ring (bicyclic) bond motifs is 6. The minimum Gasteiger partial charge on any atom is -0.478 e. The van der Waals surface area contributed by atoms with Crippen molar-refractivity contribution in [2.45, 2.75) is 9.87 Å². The van der Waals surface area contributed by atoms with E-state index in [1.807, 2.05) is 24.3 Å². The number of aromatic carboxylic acids is 4. The lowest BCUT2D eigenvalue weighted by Gasteiger charge is -2.37. The predicted molar refractivity (Wildman–Crippen MR) is 234 cm³/mol. The molecule has 62 heavy (non-hydrogen) atoms. The summed E-state index contributed by atoms with van der Waals surface area (Å²) in [5.74, 6) is -4.41. The Bertz CT molecular complexity index is 3190. The van der Waals surface area contributed by atoms with E-state index in [9.17, 15) is 39.6 Å². The first-order valence-corrected chi connectivity index (χ1v) is 19.7. The van der Waals surface area contributed by atoms with E-state index < -0.39 is 33.7 Å². The second-order valence-electron chi connectivity index (χ2n) is 14.6. The number of carboxylic acids is 4. The van der Waals surface area contributed by atoms with Crippen LogP contribution in [-0.2, 0) is 4.87 Å². The minimum absolute atomic E-state index is 0.0275. The fourth-order valence-electron chi connectivity index (χ4n) is 7.89. The van der Waals surface area contributed by atoms with Crippen LogP contribution in [0, 0.1) is 0 Å². The highest BCUT2D eigenvalue weighted by molar-refractivity contribution is 6.41. The number of halogens is 2. The van der Waals surface area contributed by atoms with Gasteiger partial charge in [0, 0.05) is 38.8 Å². The third-order valence-corrected chi connectivity index (χ3v) is 12.3. The highest BCUT2D eigenvalue weighted by Crippen LogP contribution is 2.53. The molecule has 0 amide bonds. The molecule has 6 aromatic rings. The molecule has 0 radical (unpaired) electrons. The van der Waals surface area contributed by atoms with Gasteiger partial charge in [0.25, 0.3) is 0 Å². The van der Waals surface area contributed by atoms with Crippen LogP contribution in [0.25, 0.3) is 16.7 Å².